The van der Waals surface area contributed by atoms with Gasteiger partial charge in [-0.1, -0.05) is 23.4 Å². The lowest BCUT2D eigenvalue weighted by Crippen LogP contribution is -2.51. The van der Waals surface area contributed by atoms with Gasteiger partial charge in [-0.15, -0.1) is 0 Å². The number of methoxy groups -OCH3 is 1. The normalized spacial score (nSPS) is 19.4. The molecule has 0 amide bonds. The third-order valence-corrected chi connectivity index (χ3v) is 5.00. The average Bonchev–Trinajstić information content (AvgIpc) is 2.73. The van der Waals surface area contributed by atoms with Crippen LogP contribution in [-0.2, 0) is 21.4 Å². The number of alkyl halides is 2. The number of nitrogens with zero attached hydrogens (tertiary/aromatic N) is 3. The van der Waals surface area contributed by atoms with Crippen LogP contribution in [0.25, 0.3) is 0 Å². The van der Waals surface area contributed by atoms with E-state index in [-0.39, 0.29) is 29.4 Å². The number of hydrogen-bond donors (Lipinski definition) is 1. The Morgan fingerprint density at radius 1 is 1.41 bits per heavy atom. The molecule has 168 valence electrons. The SMILES string of the molecule is COCC#Cc1cnc(C(=O)Cc2ccc(F)c([C@@]3(C)N=C(N)OCC3(F)F)n2)c(Cl)c1. The largest absolute Gasteiger partial charge is 0.459 e. The molecule has 0 bridgehead atoms. The summed E-state index contributed by atoms with van der Waals surface area (Å²) in [6.07, 6.45) is 1.01. The number of ketones is 1. The average molecular weight is 467 g/mol. The van der Waals surface area contributed by atoms with E-state index in [4.69, 9.17) is 22.1 Å². The molecule has 2 N–H and O–H groups in total. The fraction of sp³-hybridized carbons (Fsp3) is 0.333. The molecule has 0 fully saturated rings. The van der Waals surface area contributed by atoms with Gasteiger partial charge in [0.1, 0.15) is 23.8 Å². The molecule has 2 aromatic heterocycles. The van der Waals surface area contributed by atoms with Crippen LogP contribution in [0, 0.1) is 17.7 Å². The number of carbonyl (C=O) groups is 1. The number of ether oxygens (including phenoxy) is 2. The summed E-state index contributed by atoms with van der Waals surface area (Å²) in [5.41, 5.74) is 2.84. The van der Waals surface area contributed by atoms with Crippen molar-refractivity contribution in [2.75, 3.05) is 20.3 Å². The van der Waals surface area contributed by atoms with Gasteiger partial charge >= 0.3 is 5.92 Å². The van der Waals surface area contributed by atoms with Gasteiger partial charge in [-0.05, 0) is 25.1 Å². The van der Waals surface area contributed by atoms with Crippen LogP contribution < -0.4 is 5.73 Å². The zero-order valence-electron chi connectivity index (χ0n) is 17.1. The molecule has 0 aromatic carbocycles. The Balaban J connectivity index is 1.89. The van der Waals surface area contributed by atoms with Crippen LogP contribution in [0.4, 0.5) is 13.2 Å². The third kappa shape index (κ3) is 4.69. The molecule has 1 aliphatic heterocycles. The molecule has 11 heteroatoms. The van der Waals surface area contributed by atoms with Crippen LogP contribution in [0.1, 0.15) is 34.4 Å². The minimum atomic E-state index is -3.59. The van der Waals surface area contributed by atoms with Crippen molar-refractivity contribution in [2.24, 2.45) is 10.7 Å². The number of amidine groups is 1. The van der Waals surface area contributed by atoms with E-state index in [9.17, 15) is 18.0 Å². The summed E-state index contributed by atoms with van der Waals surface area (Å²) < 4.78 is 53.0. The summed E-state index contributed by atoms with van der Waals surface area (Å²) in [4.78, 5) is 24.3. The Morgan fingerprint density at radius 3 is 2.84 bits per heavy atom. The van der Waals surface area contributed by atoms with Gasteiger partial charge in [-0.2, -0.15) is 8.78 Å². The van der Waals surface area contributed by atoms with Crippen molar-refractivity contribution in [1.29, 1.82) is 0 Å². The zero-order chi connectivity index (χ0) is 23.5. The number of pyridine rings is 2. The molecule has 1 atom stereocenters. The van der Waals surface area contributed by atoms with Crippen LogP contribution in [0.15, 0.2) is 29.4 Å². The third-order valence-electron chi connectivity index (χ3n) is 4.71. The van der Waals surface area contributed by atoms with E-state index >= 15 is 0 Å². The molecule has 0 saturated heterocycles. The Hall–Kier alpha value is -3.16. The summed E-state index contributed by atoms with van der Waals surface area (Å²) in [5, 5.41) is 0.0573. The van der Waals surface area contributed by atoms with Crippen LogP contribution in [0.2, 0.25) is 5.02 Å². The highest BCUT2D eigenvalue weighted by Crippen LogP contribution is 2.43. The zero-order valence-corrected chi connectivity index (χ0v) is 17.8. The van der Waals surface area contributed by atoms with Crippen molar-refractivity contribution < 1.29 is 27.4 Å². The highest BCUT2D eigenvalue weighted by Gasteiger charge is 2.57. The highest BCUT2D eigenvalue weighted by molar-refractivity contribution is 6.33. The Morgan fingerprint density at radius 2 is 2.16 bits per heavy atom. The first-order valence-corrected chi connectivity index (χ1v) is 9.63. The monoisotopic (exact) mass is 466 g/mol. The van der Waals surface area contributed by atoms with E-state index in [2.05, 4.69) is 31.5 Å². The van der Waals surface area contributed by atoms with Gasteiger partial charge in [-0.3, -0.25) is 14.8 Å². The summed E-state index contributed by atoms with van der Waals surface area (Å²) in [7, 11) is 1.50. The topological polar surface area (TPSA) is 99.7 Å². The lowest BCUT2D eigenvalue weighted by Gasteiger charge is -2.36. The number of aliphatic imine (C=N–C) groups is 1. The molecule has 2 aromatic rings. The molecule has 32 heavy (non-hydrogen) atoms. The second-order valence-corrected chi connectivity index (χ2v) is 7.44. The molecule has 3 heterocycles. The number of carbonyl (C=O) groups excluding carboxylic acids is 1. The lowest BCUT2D eigenvalue weighted by atomic mass is 9.88. The van der Waals surface area contributed by atoms with Crippen LogP contribution >= 0.6 is 11.6 Å². The second kappa shape index (κ2) is 9.14. The fourth-order valence-electron chi connectivity index (χ4n) is 2.96. The molecular weight excluding hydrogens is 449 g/mol. The molecule has 0 spiro atoms. The second-order valence-electron chi connectivity index (χ2n) is 7.04. The standard InChI is InChI=1S/C21H18ClF3N4O3/c1-20(21(24,25)11-32-19(26)29-20)18-15(23)6-5-13(28-18)9-16(30)17-14(22)8-12(10-27-17)4-3-7-31-2/h5-6,8,10H,7,9,11H2,1-2H3,(H2,26,29)/t20-/m1/s1. The first-order valence-electron chi connectivity index (χ1n) is 9.26. The van der Waals surface area contributed by atoms with Gasteiger partial charge < -0.3 is 15.2 Å². The number of halogens is 4. The maximum absolute atomic E-state index is 14.5. The van der Waals surface area contributed by atoms with Gasteiger partial charge in [0.05, 0.1) is 11.4 Å². The Labute approximate surface area is 186 Å². The number of nitrogens with two attached hydrogens (primary N) is 1. The minimum Gasteiger partial charge on any atom is -0.459 e. The summed E-state index contributed by atoms with van der Waals surface area (Å²) in [6, 6.07) is 3.11. The predicted molar refractivity (Wildman–Crippen MR) is 110 cm³/mol. The fourth-order valence-corrected chi connectivity index (χ4v) is 3.23. The van der Waals surface area contributed by atoms with E-state index in [0.717, 1.165) is 13.0 Å². The number of Topliss-reactive ketones (excluding diaryl/α,β-unsaturated/α-hetero) is 1. The maximum atomic E-state index is 14.5. The van der Waals surface area contributed by atoms with E-state index in [1.54, 1.807) is 0 Å². The number of hydrogen-bond acceptors (Lipinski definition) is 7. The lowest BCUT2D eigenvalue weighted by molar-refractivity contribution is -0.118. The molecule has 0 saturated carbocycles. The van der Waals surface area contributed by atoms with Crippen molar-refractivity contribution in [1.82, 2.24) is 9.97 Å². The van der Waals surface area contributed by atoms with Crippen LogP contribution in [-0.4, -0.2) is 48.0 Å². The van der Waals surface area contributed by atoms with Crippen LogP contribution in [0.3, 0.4) is 0 Å². The Kier molecular flexibility index (Phi) is 6.71. The molecule has 3 rings (SSSR count). The number of aromatic nitrogens is 2. The van der Waals surface area contributed by atoms with E-state index in [1.165, 1.54) is 25.4 Å². The van der Waals surface area contributed by atoms with Gasteiger partial charge in [0.25, 0.3) is 6.02 Å². The molecule has 0 aliphatic carbocycles. The Bertz CT molecular complexity index is 1150. The molecular formula is C21H18ClF3N4O3. The number of rotatable bonds is 5. The molecule has 1 aliphatic rings. The highest BCUT2D eigenvalue weighted by atomic mass is 35.5. The van der Waals surface area contributed by atoms with Crippen molar-refractivity contribution in [3.05, 3.63) is 57.9 Å². The van der Waals surface area contributed by atoms with Gasteiger partial charge in [-0.25, -0.2) is 9.38 Å². The summed E-state index contributed by atoms with van der Waals surface area (Å²) in [6.45, 7) is 0.139. The van der Waals surface area contributed by atoms with Gasteiger partial charge in [0, 0.05) is 24.6 Å². The van der Waals surface area contributed by atoms with Gasteiger partial charge in [0.15, 0.2) is 17.9 Å². The van der Waals surface area contributed by atoms with Crippen molar-refractivity contribution in [2.45, 2.75) is 24.8 Å². The first kappa shape index (κ1) is 23.5. The van der Waals surface area contributed by atoms with E-state index in [1.807, 2.05) is 0 Å². The smallest absolute Gasteiger partial charge is 0.311 e. The maximum Gasteiger partial charge on any atom is 0.311 e. The predicted octanol–water partition coefficient (Wildman–Crippen LogP) is 2.89. The quantitative estimate of drug-likeness (QED) is 0.537. The van der Waals surface area contributed by atoms with Crippen molar-refractivity contribution >= 4 is 23.4 Å². The summed E-state index contributed by atoms with van der Waals surface area (Å²) in [5.74, 6) is 0.367. The van der Waals surface area contributed by atoms with E-state index < -0.39 is 41.4 Å². The summed E-state index contributed by atoms with van der Waals surface area (Å²) >= 11 is 6.15. The van der Waals surface area contributed by atoms with Crippen molar-refractivity contribution in [3.63, 3.8) is 0 Å². The molecule has 0 radical (unpaired) electrons. The first-order chi connectivity index (χ1) is 15.1. The van der Waals surface area contributed by atoms with Crippen molar-refractivity contribution in [3.8, 4) is 11.8 Å². The molecule has 0 unspecified atom stereocenters. The van der Waals surface area contributed by atoms with Gasteiger partial charge in [0.2, 0.25) is 0 Å². The van der Waals surface area contributed by atoms with E-state index in [0.29, 0.717) is 5.56 Å². The van der Waals surface area contributed by atoms with Crippen LogP contribution in [0.5, 0.6) is 0 Å². The minimum absolute atomic E-state index is 0.0329. The molecule has 7 nitrogen and oxygen atoms in total.